The molecule has 0 aliphatic carbocycles. The van der Waals surface area contributed by atoms with E-state index >= 15 is 0 Å². The minimum atomic E-state index is -3.83. The lowest BCUT2D eigenvalue weighted by atomic mass is 10.2. The Hall–Kier alpha value is -2.06. The lowest BCUT2D eigenvalue weighted by Gasteiger charge is -2.07. The van der Waals surface area contributed by atoms with Gasteiger partial charge in [0.1, 0.15) is 9.96 Å². The number of carboxylic acid groups (broad SMARTS) is 1. The third-order valence-electron chi connectivity index (χ3n) is 2.54. The maximum absolute atomic E-state index is 12.1. The first kappa shape index (κ1) is 14.4. The van der Waals surface area contributed by atoms with Gasteiger partial charge in [-0.05, 0) is 36.8 Å². The van der Waals surface area contributed by atoms with E-state index in [1.165, 1.54) is 23.6 Å². The standard InChI is InChI=1S/C12H11NO5S2/c1-7-4-9(2-3-10(7)14)13-20(17,18)11-5-8(6-19-11)12(15)16/h2-6,13-14H,1H3,(H,15,16). The Morgan fingerprint density at radius 1 is 1.30 bits per heavy atom. The highest BCUT2D eigenvalue weighted by Gasteiger charge is 2.19. The molecule has 3 N–H and O–H groups in total. The van der Waals surface area contributed by atoms with Gasteiger partial charge in [-0.2, -0.15) is 0 Å². The Bertz CT molecular complexity index is 764. The minimum Gasteiger partial charge on any atom is -0.508 e. The molecule has 0 aliphatic heterocycles. The number of anilines is 1. The zero-order chi connectivity index (χ0) is 14.9. The van der Waals surface area contributed by atoms with E-state index in [1.54, 1.807) is 6.92 Å². The summed E-state index contributed by atoms with van der Waals surface area (Å²) in [5, 5.41) is 19.4. The third kappa shape index (κ3) is 2.91. The number of nitrogens with one attached hydrogen (secondary N) is 1. The predicted octanol–water partition coefficient (Wildman–Crippen LogP) is 2.26. The van der Waals surface area contributed by atoms with Crippen LogP contribution in [0.3, 0.4) is 0 Å². The molecule has 6 nitrogen and oxygen atoms in total. The normalized spacial score (nSPS) is 11.2. The summed E-state index contributed by atoms with van der Waals surface area (Å²) in [4.78, 5) is 10.7. The number of rotatable bonds is 4. The molecular formula is C12H11NO5S2. The van der Waals surface area contributed by atoms with Crippen molar-refractivity contribution in [3.63, 3.8) is 0 Å². The van der Waals surface area contributed by atoms with E-state index < -0.39 is 16.0 Å². The van der Waals surface area contributed by atoms with Crippen LogP contribution in [0.25, 0.3) is 0 Å². The van der Waals surface area contributed by atoms with Gasteiger partial charge in [-0.15, -0.1) is 11.3 Å². The van der Waals surface area contributed by atoms with Crippen LogP contribution < -0.4 is 4.72 Å². The van der Waals surface area contributed by atoms with Crippen molar-refractivity contribution < 1.29 is 23.4 Å². The van der Waals surface area contributed by atoms with Crippen molar-refractivity contribution >= 4 is 33.0 Å². The zero-order valence-corrected chi connectivity index (χ0v) is 12.0. The number of aryl methyl sites for hydroxylation is 1. The highest BCUT2D eigenvalue weighted by molar-refractivity contribution is 7.94. The van der Waals surface area contributed by atoms with Gasteiger partial charge < -0.3 is 10.2 Å². The van der Waals surface area contributed by atoms with Crippen LogP contribution in [0.2, 0.25) is 0 Å². The summed E-state index contributed by atoms with van der Waals surface area (Å²) in [5.74, 6) is -1.11. The number of aromatic hydroxyl groups is 1. The second kappa shape index (κ2) is 5.14. The van der Waals surface area contributed by atoms with Crippen LogP contribution in [0, 0.1) is 6.92 Å². The maximum atomic E-state index is 12.1. The lowest BCUT2D eigenvalue weighted by Crippen LogP contribution is -2.11. The van der Waals surface area contributed by atoms with E-state index in [0.29, 0.717) is 11.3 Å². The molecule has 106 valence electrons. The van der Waals surface area contributed by atoms with Gasteiger partial charge in [0.25, 0.3) is 10.0 Å². The number of aromatic carboxylic acids is 1. The van der Waals surface area contributed by atoms with Gasteiger partial charge in [0, 0.05) is 11.1 Å². The van der Waals surface area contributed by atoms with Crippen molar-refractivity contribution in [1.29, 1.82) is 0 Å². The summed E-state index contributed by atoms with van der Waals surface area (Å²) in [6.07, 6.45) is 0. The van der Waals surface area contributed by atoms with E-state index in [1.807, 2.05) is 0 Å². The molecule has 20 heavy (non-hydrogen) atoms. The van der Waals surface area contributed by atoms with Crippen LogP contribution in [0.1, 0.15) is 15.9 Å². The minimum absolute atomic E-state index is 0.0669. The number of thiophene rings is 1. The average Bonchev–Trinajstić information content (AvgIpc) is 2.84. The number of benzene rings is 1. The van der Waals surface area contributed by atoms with Gasteiger partial charge in [0.15, 0.2) is 0 Å². The topological polar surface area (TPSA) is 104 Å². The molecule has 0 radical (unpaired) electrons. The quantitative estimate of drug-likeness (QED) is 0.751. The molecule has 0 bridgehead atoms. The van der Waals surface area contributed by atoms with Crippen LogP contribution in [-0.4, -0.2) is 24.6 Å². The average molecular weight is 313 g/mol. The Morgan fingerprint density at radius 2 is 2.00 bits per heavy atom. The van der Waals surface area contributed by atoms with Gasteiger partial charge in [-0.1, -0.05) is 0 Å². The fourth-order valence-electron chi connectivity index (χ4n) is 1.49. The SMILES string of the molecule is Cc1cc(NS(=O)(=O)c2cc(C(=O)O)cs2)ccc1O. The van der Waals surface area contributed by atoms with Crippen molar-refractivity contribution in [2.75, 3.05) is 4.72 Å². The molecule has 1 aromatic carbocycles. The summed E-state index contributed by atoms with van der Waals surface area (Å²) >= 11 is 0.831. The maximum Gasteiger partial charge on any atom is 0.336 e. The first-order valence-electron chi connectivity index (χ1n) is 5.44. The Kier molecular flexibility index (Phi) is 3.69. The highest BCUT2D eigenvalue weighted by Crippen LogP contribution is 2.25. The van der Waals surface area contributed by atoms with Crippen molar-refractivity contribution in [3.8, 4) is 5.75 Å². The first-order valence-corrected chi connectivity index (χ1v) is 7.80. The van der Waals surface area contributed by atoms with Crippen molar-refractivity contribution in [1.82, 2.24) is 0 Å². The van der Waals surface area contributed by atoms with E-state index in [2.05, 4.69) is 4.72 Å². The third-order valence-corrected chi connectivity index (χ3v) is 5.36. The number of hydrogen-bond acceptors (Lipinski definition) is 5. The molecule has 1 aromatic heterocycles. The molecule has 0 saturated carbocycles. The van der Waals surface area contributed by atoms with Gasteiger partial charge in [-0.25, -0.2) is 13.2 Å². The first-order chi connectivity index (χ1) is 9.29. The molecule has 8 heteroatoms. The van der Waals surface area contributed by atoms with Crippen molar-refractivity contribution in [2.45, 2.75) is 11.1 Å². The smallest absolute Gasteiger partial charge is 0.336 e. The molecule has 2 rings (SSSR count). The van der Waals surface area contributed by atoms with Crippen LogP contribution in [-0.2, 0) is 10.0 Å². The number of phenols is 1. The molecule has 0 unspecified atom stereocenters. The van der Waals surface area contributed by atoms with Crippen LogP contribution in [0.4, 0.5) is 5.69 Å². The van der Waals surface area contributed by atoms with Gasteiger partial charge in [-0.3, -0.25) is 4.72 Å². The number of carbonyl (C=O) groups is 1. The largest absolute Gasteiger partial charge is 0.508 e. The molecule has 0 aliphatic rings. The van der Waals surface area contributed by atoms with Gasteiger partial charge in [0.2, 0.25) is 0 Å². The van der Waals surface area contributed by atoms with E-state index in [4.69, 9.17) is 5.11 Å². The molecule has 0 spiro atoms. The van der Waals surface area contributed by atoms with E-state index in [9.17, 15) is 18.3 Å². The fourth-order valence-corrected chi connectivity index (χ4v) is 3.70. The summed E-state index contributed by atoms with van der Waals surface area (Å²) in [7, 11) is -3.83. The monoisotopic (exact) mass is 313 g/mol. The fraction of sp³-hybridized carbons (Fsp3) is 0.0833. The molecular weight excluding hydrogens is 302 g/mol. The summed E-state index contributed by atoms with van der Waals surface area (Å²) in [6.45, 7) is 1.64. The Morgan fingerprint density at radius 3 is 2.55 bits per heavy atom. The number of carboxylic acids is 1. The number of hydrogen-bond donors (Lipinski definition) is 3. The lowest BCUT2D eigenvalue weighted by molar-refractivity contribution is 0.0697. The Balaban J connectivity index is 2.30. The summed E-state index contributed by atoms with van der Waals surface area (Å²) in [5.41, 5.74) is 0.755. The highest BCUT2D eigenvalue weighted by atomic mass is 32.2. The van der Waals surface area contributed by atoms with Gasteiger partial charge in [0.05, 0.1) is 5.56 Å². The van der Waals surface area contributed by atoms with Crippen molar-refractivity contribution in [3.05, 3.63) is 40.8 Å². The van der Waals surface area contributed by atoms with Crippen LogP contribution in [0.15, 0.2) is 33.9 Å². The zero-order valence-electron chi connectivity index (χ0n) is 10.3. The van der Waals surface area contributed by atoms with Gasteiger partial charge >= 0.3 is 5.97 Å². The molecule has 0 amide bonds. The Labute approximate surface area is 119 Å². The molecule has 0 fully saturated rings. The number of phenolic OH excluding ortho intramolecular Hbond substituents is 1. The van der Waals surface area contributed by atoms with E-state index in [-0.39, 0.29) is 15.5 Å². The van der Waals surface area contributed by atoms with Crippen LogP contribution >= 0.6 is 11.3 Å². The predicted molar refractivity (Wildman–Crippen MR) is 74.9 cm³/mol. The number of sulfonamides is 1. The van der Waals surface area contributed by atoms with Crippen LogP contribution in [0.5, 0.6) is 5.75 Å². The summed E-state index contributed by atoms with van der Waals surface area (Å²) < 4.78 is 26.4. The molecule has 2 aromatic rings. The second-order valence-corrected chi connectivity index (χ2v) is 6.89. The second-order valence-electron chi connectivity index (χ2n) is 4.07. The summed E-state index contributed by atoms with van der Waals surface area (Å²) in [6, 6.07) is 5.39. The van der Waals surface area contributed by atoms with Crippen molar-refractivity contribution in [2.24, 2.45) is 0 Å². The molecule has 1 heterocycles. The molecule has 0 saturated heterocycles. The van der Waals surface area contributed by atoms with E-state index in [0.717, 1.165) is 17.4 Å². The molecule has 0 atom stereocenters.